The summed E-state index contributed by atoms with van der Waals surface area (Å²) in [5.41, 5.74) is 3.13. The van der Waals surface area contributed by atoms with E-state index in [9.17, 15) is 14.7 Å². The van der Waals surface area contributed by atoms with E-state index in [4.69, 9.17) is 0 Å². The van der Waals surface area contributed by atoms with Crippen molar-refractivity contribution in [1.82, 2.24) is 19.9 Å². The van der Waals surface area contributed by atoms with Gasteiger partial charge < -0.3 is 20.0 Å². The molecule has 1 amide bonds. The fourth-order valence-corrected chi connectivity index (χ4v) is 3.95. The van der Waals surface area contributed by atoms with Gasteiger partial charge >= 0.3 is 5.97 Å². The number of nitrogens with one attached hydrogen (secondary N) is 2. The minimum atomic E-state index is -1.18. The van der Waals surface area contributed by atoms with Crippen LogP contribution in [0.3, 0.4) is 0 Å². The minimum absolute atomic E-state index is 0.0392. The third-order valence-corrected chi connectivity index (χ3v) is 5.03. The summed E-state index contributed by atoms with van der Waals surface area (Å²) in [5.74, 6) is -1.37. The fraction of sp³-hybridized carbons (Fsp3) is 0.316. The van der Waals surface area contributed by atoms with Crippen LogP contribution < -0.4 is 0 Å². The van der Waals surface area contributed by atoms with Crippen molar-refractivity contribution in [3.05, 3.63) is 53.2 Å². The minimum Gasteiger partial charge on any atom is -0.477 e. The third kappa shape index (κ3) is 2.39. The molecule has 1 aliphatic rings. The highest BCUT2D eigenvalue weighted by Crippen LogP contribution is 2.39. The Kier molecular flexibility index (Phi) is 3.79. The summed E-state index contributed by atoms with van der Waals surface area (Å²) >= 11 is 0. The van der Waals surface area contributed by atoms with Gasteiger partial charge in [0.1, 0.15) is 0 Å². The summed E-state index contributed by atoms with van der Waals surface area (Å²) in [4.78, 5) is 36.2. The van der Waals surface area contributed by atoms with Gasteiger partial charge in [0.2, 0.25) is 0 Å². The molecule has 7 heteroatoms. The number of hydrogen-bond donors (Lipinski definition) is 3. The molecule has 1 unspecified atom stereocenters. The van der Waals surface area contributed by atoms with E-state index in [-0.39, 0.29) is 29.3 Å². The Labute approximate surface area is 150 Å². The number of H-pyrrole nitrogens is 2. The number of hydrogen-bond acceptors (Lipinski definition) is 3. The van der Waals surface area contributed by atoms with Crippen molar-refractivity contribution in [2.45, 2.75) is 26.3 Å². The highest BCUT2D eigenvalue weighted by molar-refractivity contribution is 6.02. The van der Waals surface area contributed by atoms with Gasteiger partial charge in [-0.05, 0) is 24.0 Å². The van der Waals surface area contributed by atoms with Gasteiger partial charge in [-0.1, -0.05) is 32.0 Å². The molecule has 0 fully saturated rings. The number of aromatic carboxylic acids is 1. The Bertz CT molecular complexity index is 1000. The quantitative estimate of drug-likeness (QED) is 0.674. The first-order chi connectivity index (χ1) is 12.5. The maximum Gasteiger partial charge on any atom is 0.354 e. The largest absolute Gasteiger partial charge is 0.477 e. The standard InChI is InChI=1S/C19H20N4O3/c1-10(2)17-14-12(11-5-3-4-6-13(11)22-14)7-8-23(17)18(24)15-16(19(25)26)21-9-20-15/h3-6,9-10,17,22H,7-8H2,1-2H3,(H,20,21)(H,25,26). The Morgan fingerprint density at radius 3 is 2.81 bits per heavy atom. The molecule has 3 N–H and O–H groups in total. The Hall–Kier alpha value is -3.09. The number of fused-ring (bicyclic) bond motifs is 3. The summed E-state index contributed by atoms with van der Waals surface area (Å²) in [6.07, 6.45) is 1.97. The number of benzene rings is 1. The van der Waals surface area contributed by atoms with Crippen molar-refractivity contribution in [3.8, 4) is 0 Å². The Morgan fingerprint density at radius 1 is 1.31 bits per heavy atom. The summed E-state index contributed by atoms with van der Waals surface area (Å²) in [7, 11) is 0. The van der Waals surface area contributed by atoms with Gasteiger partial charge in [-0.2, -0.15) is 0 Å². The number of nitrogens with zero attached hydrogens (tertiary/aromatic N) is 2. The zero-order valence-corrected chi connectivity index (χ0v) is 14.6. The lowest BCUT2D eigenvalue weighted by Gasteiger charge is -2.38. The molecule has 134 valence electrons. The average Bonchev–Trinajstić information content (AvgIpc) is 3.24. The van der Waals surface area contributed by atoms with Crippen LogP contribution in [0.5, 0.6) is 0 Å². The fourth-order valence-electron chi connectivity index (χ4n) is 3.95. The molecule has 26 heavy (non-hydrogen) atoms. The number of carboxylic acid groups (broad SMARTS) is 1. The van der Waals surface area contributed by atoms with Gasteiger partial charge in [-0.15, -0.1) is 0 Å². The molecule has 1 aliphatic heterocycles. The molecule has 7 nitrogen and oxygen atoms in total. The van der Waals surface area contributed by atoms with E-state index >= 15 is 0 Å². The Morgan fingerprint density at radius 2 is 2.08 bits per heavy atom. The van der Waals surface area contributed by atoms with Crippen LogP contribution in [0.4, 0.5) is 0 Å². The molecule has 3 heterocycles. The highest BCUT2D eigenvalue weighted by Gasteiger charge is 2.37. The van der Waals surface area contributed by atoms with E-state index in [0.29, 0.717) is 6.54 Å². The van der Waals surface area contributed by atoms with Crippen LogP contribution in [-0.4, -0.2) is 43.4 Å². The van der Waals surface area contributed by atoms with Crippen LogP contribution in [0.1, 0.15) is 52.1 Å². The first kappa shape index (κ1) is 16.4. The van der Waals surface area contributed by atoms with Gasteiger partial charge in [-0.25, -0.2) is 9.78 Å². The van der Waals surface area contributed by atoms with Crippen LogP contribution >= 0.6 is 0 Å². The van der Waals surface area contributed by atoms with Gasteiger partial charge in [0.15, 0.2) is 11.4 Å². The molecular weight excluding hydrogens is 332 g/mol. The number of rotatable bonds is 3. The van der Waals surface area contributed by atoms with Crippen LogP contribution in [0.25, 0.3) is 10.9 Å². The van der Waals surface area contributed by atoms with Gasteiger partial charge in [0.05, 0.1) is 12.4 Å². The maximum atomic E-state index is 13.1. The molecule has 0 aliphatic carbocycles. The zero-order valence-electron chi connectivity index (χ0n) is 14.6. The predicted octanol–water partition coefficient (Wildman–Crippen LogP) is 2.98. The smallest absolute Gasteiger partial charge is 0.354 e. The molecule has 0 saturated carbocycles. The number of carboxylic acids is 1. The first-order valence-corrected chi connectivity index (χ1v) is 8.66. The monoisotopic (exact) mass is 352 g/mol. The van der Waals surface area contributed by atoms with Gasteiger partial charge in [-0.3, -0.25) is 4.79 Å². The second-order valence-corrected chi connectivity index (χ2v) is 6.93. The number of aromatic nitrogens is 3. The number of carbonyl (C=O) groups excluding carboxylic acids is 1. The highest BCUT2D eigenvalue weighted by atomic mass is 16.4. The molecule has 4 rings (SSSR count). The molecule has 0 radical (unpaired) electrons. The van der Waals surface area contributed by atoms with Gasteiger partial charge in [0.25, 0.3) is 5.91 Å². The SMILES string of the molecule is CC(C)C1c2[nH]c3ccccc3c2CCN1C(=O)c1nc[nH]c1C(=O)O. The predicted molar refractivity (Wildman–Crippen MR) is 96.2 cm³/mol. The molecule has 0 saturated heterocycles. The third-order valence-electron chi connectivity index (χ3n) is 5.03. The van der Waals surface area contributed by atoms with Crippen molar-refractivity contribution in [1.29, 1.82) is 0 Å². The summed E-state index contributed by atoms with van der Waals surface area (Å²) in [6, 6.07) is 7.97. The number of imidazole rings is 1. The van der Waals surface area contributed by atoms with E-state index in [1.54, 1.807) is 4.90 Å². The molecule has 2 aromatic heterocycles. The molecule has 0 spiro atoms. The summed E-state index contributed by atoms with van der Waals surface area (Å²) < 4.78 is 0. The van der Waals surface area contributed by atoms with Crippen molar-refractivity contribution >= 4 is 22.8 Å². The van der Waals surface area contributed by atoms with Crippen molar-refractivity contribution in [3.63, 3.8) is 0 Å². The second kappa shape index (κ2) is 6.01. The Balaban J connectivity index is 1.79. The van der Waals surface area contributed by atoms with Crippen molar-refractivity contribution in [2.75, 3.05) is 6.54 Å². The number of para-hydroxylation sites is 1. The van der Waals surface area contributed by atoms with E-state index in [2.05, 4.69) is 34.9 Å². The van der Waals surface area contributed by atoms with Crippen LogP contribution in [-0.2, 0) is 6.42 Å². The van der Waals surface area contributed by atoms with Gasteiger partial charge in [0, 0.05) is 23.1 Å². The summed E-state index contributed by atoms with van der Waals surface area (Å²) in [5, 5.41) is 10.5. The lowest BCUT2D eigenvalue weighted by atomic mass is 9.90. The molecule has 0 bridgehead atoms. The molecule has 3 aromatic rings. The molecule has 1 atom stereocenters. The van der Waals surface area contributed by atoms with Crippen molar-refractivity contribution in [2.24, 2.45) is 5.92 Å². The van der Waals surface area contributed by atoms with Crippen LogP contribution in [0.2, 0.25) is 0 Å². The zero-order chi connectivity index (χ0) is 18.4. The lowest BCUT2D eigenvalue weighted by Crippen LogP contribution is -2.42. The number of carbonyl (C=O) groups is 2. The maximum absolute atomic E-state index is 13.1. The topological polar surface area (TPSA) is 102 Å². The van der Waals surface area contributed by atoms with E-state index in [1.165, 1.54) is 17.3 Å². The average molecular weight is 352 g/mol. The normalized spacial score (nSPS) is 16.9. The number of aromatic amines is 2. The summed E-state index contributed by atoms with van der Waals surface area (Å²) in [6.45, 7) is 4.66. The molecule has 1 aromatic carbocycles. The molecular formula is C19H20N4O3. The second-order valence-electron chi connectivity index (χ2n) is 6.93. The van der Waals surface area contributed by atoms with E-state index in [0.717, 1.165) is 17.6 Å². The lowest BCUT2D eigenvalue weighted by molar-refractivity contribution is 0.0576. The first-order valence-electron chi connectivity index (χ1n) is 8.66. The van der Waals surface area contributed by atoms with E-state index < -0.39 is 5.97 Å². The number of amides is 1. The van der Waals surface area contributed by atoms with Crippen molar-refractivity contribution < 1.29 is 14.7 Å². The van der Waals surface area contributed by atoms with Crippen LogP contribution in [0, 0.1) is 5.92 Å². The van der Waals surface area contributed by atoms with Crippen LogP contribution in [0.15, 0.2) is 30.6 Å². The van der Waals surface area contributed by atoms with E-state index in [1.807, 2.05) is 18.2 Å².